The van der Waals surface area contributed by atoms with E-state index in [0.29, 0.717) is 40.0 Å². The standard InChI is InChI=1S/C22H16F2N4O/c23-14-6-12(7-15(24)10-14)13-8-18-20(19(29)9-13)21(25)17-11-26-28(22(17)27-18)16-4-2-1-3-5-16/h1-7,10-11,13H,8-9H2,(H2,25,27)/t13-/m0/s1. The van der Waals surface area contributed by atoms with Crippen molar-refractivity contribution in [3.8, 4) is 5.69 Å². The molecular formula is C22H16F2N4O. The number of para-hydroxylation sites is 1. The van der Waals surface area contributed by atoms with Gasteiger partial charge in [0.15, 0.2) is 11.4 Å². The van der Waals surface area contributed by atoms with E-state index in [2.05, 4.69) is 5.10 Å². The first-order valence-electron chi connectivity index (χ1n) is 9.22. The number of rotatable bonds is 2. The molecule has 2 aromatic heterocycles. The molecular weight excluding hydrogens is 374 g/mol. The third-order valence-corrected chi connectivity index (χ3v) is 5.34. The lowest BCUT2D eigenvalue weighted by molar-refractivity contribution is 0.0964. The van der Waals surface area contributed by atoms with E-state index in [1.807, 2.05) is 30.3 Å². The Kier molecular flexibility index (Phi) is 3.91. The molecule has 0 saturated heterocycles. The second-order valence-electron chi connectivity index (χ2n) is 7.21. The summed E-state index contributed by atoms with van der Waals surface area (Å²) in [7, 11) is 0. The van der Waals surface area contributed by atoms with Crippen molar-refractivity contribution in [2.45, 2.75) is 18.8 Å². The molecule has 0 amide bonds. The number of ketones is 1. The molecule has 0 aliphatic heterocycles. The zero-order chi connectivity index (χ0) is 20.1. The number of hydrogen-bond acceptors (Lipinski definition) is 4. The first kappa shape index (κ1) is 17.5. The number of nitrogens with two attached hydrogens (primary N) is 1. The first-order valence-corrected chi connectivity index (χ1v) is 9.22. The monoisotopic (exact) mass is 390 g/mol. The van der Waals surface area contributed by atoms with Gasteiger partial charge in [-0.05, 0) is 42.2 Å². The van der Waals surface area contributed by atoms with Crippen LogP contribution in [-0.4, -0.2) is 20.5 Å². The van der Waals surface area contributed by atoms with E-state index < -0.39 is 11.6 Å². The fourth-order valence-corrected chi connectivity index (χ4v) is 4.01. The highest BCUT2D eigenvalue weighted by molar-refractivity contribution is 6.09. The molecule has 5 rings (SSSR count). The number of benzene rings is 2. The van der Waals surface area contributed by atoms with Gasteiger partial charge in [-0.15, -0.1) is 0 Å². The topological polar surface area (TPSA) is 73.8 Å². The van der Waals surface area contributed by atoms with Gasteiger partial charge in [-0.25, -0.2) is 18.4 Å². The molecule has 2 aromatic carbocycles. The molecule has 0 radical (unpaired) electrons. The van der Waals surface area contributed by atoms with E-state index >= 15 is 0 Å². The van der Waals surface area contributed by atoms with E-state index in [-0.39, 0.29) is 18.1 Å². The van der Waals surface area contributed by atoms with Crippen LogP contribution in [0.15, 0.2) is 54.7 Å². The van der Waals surface area contributed by atoms with Crippen LogP contribution in [-0.2, 0) is 6.42 Å². The molecule has 5 nitrogen and oxygen atoms in total. The van der Waals surface area contributed by atoms with Gasteiger partial charge in [0.1, 0.15) is 11.6 Å². The van der Waals surface area contributed by atoms with Gasteiger partial charge in [0.05, 0.1) is 34.2 Å². The fraction of sp³-hybridized carbons (Fsp3) is 0.136. The van der Waals surface area contributed by atoms with Gasteiger partial charge < -0.3 is 5.73 Å². The van der Waals surface area contributed by atoms with Crippen molar-refractivity contribution in [3.63, 3.8) is 0 Å². The second-order valence-corrected chi connectivity index (χ2v) is 7.21. The van der Waals surface area contributed by atoms with Crippen LogP contribution < -0.4 is 5.73 Å². The maximum Gasteiger partial charge on any atom is 0.167 e. The summed E-state index contributed by atoms with van der Waals surface area (Å²) in [5, 5.41) is 4.99. The first-order chi connectivity index (χ1) is 14.0. The van der Waals surface area contributed by atoms with E-state index in [9.17, 15) is 13.6 Å². The van der Waals surface area contributed by atoms with Crippen molar-refractivity contribution in [3.05, 3.63) is 83.2 Å². The maximum absolute atomic E-state index is 13.7. The molecule has 1 aliphatic carbocycles. The lowest BCUT2D eigenvalue weighted by atomic mass is 9.81. The molecule has 0 fully saturated rings. The zero-order valence-corrected chi connectivity index (χ0v) is 15.3. The lowest BCUT2D eigenvalue weighted by Crippen LogP contribution is -2.22. The van der Waals surface area contributed by atoms with E-state index in [4.69, 9.17) is 10.7 Å². The number of carbonyl (C=O) groups excluding carboxylic acids is 1. The van der Waals surface area contributed by atoms with Crippen LogP contribution in [0.2, 0.25) is 0 Å². The highest BCUT2D eigenvalue weighted by Gasteiger charge is 2.31. The minimum absolute atomic E-state index is 0.125. The van der Waals surface area contributed by atoms with Gasteiger partial charge in [0.2, 0.25) is 0 Å². The maximum atomic E-state index is 13.7. The third-order valence-electron chi connectivity index (χ3n) is 5.34. The number of carbonyl (C=O) groups is 1. The van der Waals surface area contributed by atoms with E-state index in [1.165, 1.54) is 12.1 Å². The van der Waals surface area contributed by atoms with Gasteiger partial charge in [0, 0.05) is 12.5 Å². The fourth-order valence-electron chi connectivity index (χ4n) is 4.01. The van der Waals surface area contributed by atoms with Crippen LogP contribution in [0.3, 0.4) is 0 Å². The zero-order valence-electron chi connectivity index (χ0n) is 15.3. The Balaban J connectivity index is 1.65. The summed E-state index contributed by atoms with van der Waals surface area (Å²) in [5.41, 5.74) is 9.39. The molecule has 2 heterocycles. The summed E-state index contributed by atoms with van der Waals surface area (Å²) in [6, 6.07) is 12.8. The van der Waals surface area contributed by atoms with Crippen LogP contribution in [0.4, 0.5) is 14.5 Å². The Morgan fingerprint density at radius 1 is 1.03 bits per heavy atom. The smallest absolute Gasteiger partial charge is 0.167 e. The number of nitrogens with zero attached hydrogens (tertiary/aromatic N) is 3. The average Bonchev–Trinajstić information content (AvgIpc) is 3.12. The molecule has 144 valence electrons. The summed E-state index contributed by atoms with van der Waals surface area (Å²) in [4.78, 5) is 17.5. The normalized spacial score (nSPS) is 16.2. The molecule has 4 aromatic rings. The molecule has 0 spiro atoms. The van der Waals surface area contributed by atoms with Gasteiger partial charge >= 0.3 is 0 Å². The van der Waals surface area contributed by atoms with Crippen LogP contribution in [0.5, 0.6) is 0 Å². The molecule has 2 N–H and O–H groups in total. The summed E-state index contributed by atoms with van der Waals surface area (Å²) < 4.78 is 29.0. The summed E-state index contributed by atoms with van der Waals surface area (Å²) in [6.45, 7) is 0. The summed E-state index contributed by atoms with van der Waals surface area (Å²) >= 11 is 0. The Morgan fingerprint density at radius 3 is 2.48 bits per heavy atom. The Labute approximate surface area is 164 Å². The van der Waals surface area contributed by atoms with Gasteiger partial charge in [-0.3, -0.25) is 4.79 Å². The molecule has 7 heteroatoms. The van der Waals surface area contributed by atoms with Crippen molar-refractivity contribution < 1.29 is 13.6 Å². The van der Waals surface area contributed by atoms with Crippen molar-refractivity contribution >= 4 is 22.5 Å². The van der Waals surface area contributed by atoms with Gasteiger partial charge in [0.25, 0.3) is 0 Å². The number of hydrogen-bond donors (Lipinski definition) is 1. The number of nitrogen functional groups attached to an aromatic ring is 1. The number of aromatic nitrogens is 3. The number of anilines is 1. The van der Waals surface area contributed by atoms with Crippen LogP contribution >= 0.6 is 0 Å². The molecule has 1 aliphatic rings. The Morgan fingerprint density at radius 2 is 1.76 bits per heavy atom. The second kappa shape index (κ2) is 6.48. The molecule has 0 saturated carbocycles. The number of halogens is 2. The molecule has 0 bridgehead atoms. The minimum atomic E-state index is -0.664. The highest BCUT2D eigenvalue weighted by Crippen LogP contribution is 2.37. The van der Waals surface area contributed by atoms with Crippen LogP contribution in [0.25, 0.3) is 16.7 Å². The molecule has 0 unspecified atom stereocenters. The molecule has 1 atom stereocenters. The van der Waals surface area contributed by atoms with Crippen molar-refractivity contribution in [1.82, 2.24) is 14.8 Å². The quantitative estimate of drug-likeness (QED) is 0.557. The lowest BCUT2D eigenvalue weighted by Gasteiger charge is -2.24. The Bertz CT molecular complexity index is 1250. The number of Topliss-reactive ketones (excluding diaryl/α,β-unsaturated/α-hetero) is 1. The number of pyridine rings is 1. The average molecular weight is 390 g/mol. The predicted octanol–water partition coefficient (Wildman–Crippen LogP) is 4.19. The van der Waals surface area contributed by atoms with E-state index in [0.717, 1.165) is 11.8 Å². The van der Waals surface area contributed by atoms with Gasteiger partial charge in [-0.1, -0.05) is 18.2 Å². The molecule has 29 heavy (non-hydrogen) atoms. The van der Waals surface area contributed by atoms with E-state index in [1.54, 1.807) is 10.9 Å². The summed E-state index contributed by atoms with van der Waals surface area (Å²) in [6.07, 6.45) is 2.09. The third kappa shape index (κ3) is 2.86. The van der Waals surface area contributed by atoms with Crippen LogP contribution in [0.1, 0.15) is 34.0 Å². The number of fused-ring (bicyclic) bond motifs is 2. The highest BCUT2D eigenvalue weighted by atomic mass is 19.1. The summed E-state index contributed by atoms with van der Waals surface area (Å²) in [5.74, 6) is -1.87. The van der Waals surface area contributed by atoms with Crippen LogP contribution in [0, 0.1) is 11.6 Å². The van der Waals surface area contributed by atoms with Crippen molar-refractivity contribution in [2.75, 3.05) is 5.73 Å². The van der Waals surface area contributed by atoms with Crippen molar-refractivity contribution in [1.29, 1.82) is 0 Å². The Hall–Kier alpha value is -3.61. The predicted molar refractivity (Wildman–Crippen MR) is 105 cm³/mol. The SMILES string of the molecule is Nc1c2c(nc3c1cnn3-c1ccccc1)C[C@H](c1cc(F)cc(F)c1)CC2=O. The van der Waals surface area contributed by atoms with Crippen molar-refractivity contribution in [2.24, 2.45) is 0 Å². The minimum Gasteiger partial charge on any atom is -0.397 e. The largest absolute Gasteiger partial charge is 0.397 e. The van der Waals surface area contributed by atoms with Gasteiger partial charge in [-0.2, -0.15) is 5.10 Å².